The Kier molecular flexibility index (Phi) is 4.25. The number of halogens is 1. The molecule has 4 rings (SSSR count). The van der Waals surface area contributed by atoms with Gasteiger partial charge in [0.25, 0.3) is 0 Å². The van der Waals surface area contributed by atoms with E-state index in [9.17, 15) is 0 Å². The highest BCUT2D eigenvalue weighted by atomic mass is 35.5. The Labute approximate surface area is 151 Å². The number of anilines is 2. The van der Waals surface area contributed by atoms with E-state index in [-0.39, 0.29) is 0 Å². The fraction of sp³-hybridized carbons (Fsp3) is 0. The van der Waals surface area contributed by atoms with Gasteiger partial charge in [-0.25, -0.2) is 9.97 Å². The van der Waals surface area contributed by atoms with Crippen LogP contribution in [0, 0.1) is 0 Å². The summed E-state index contributed by atoms with van der Waals surface area (Å²) in [6.45, 7) is 0. The Morgan fingerprint density at radius 1 is 0.917 bits per heavy atom. The highest BCUT2D eigenvalue weighted by Crippen LogP contribution is 2.32. The molecule has 0 spiro atoms. The zero-order chi connectivity index (χ0) is 16.4. The Balaban J connectivity index is 1.56. The highest BCUT2D eigenvalue weighted by Gasteiger charge is 2.10. The second-order valence-electron chi connectivity index (χ2n) is 4.95. The van der Waals surface area contributed by atoms with Crippen LogP contribution in [0.5, 0.6) is 0 Å². The molecule has 0 saturated carbocycles. The summed E-state index contributed by atoms with van der Waals surface area (Å²) in [5, 5.41) is 9.71. The van der Waals surface area contributed by atoms with Crippen molar-refractivity contribution in [1.82, 2.24) is 15.0 Å². The summed E-state index contributed by atoms with van der Waals surface area (Å²) in [5.41, 5.74) is 3.78. The lowest BCUT2D eigenvalue weighted by atomic mass is 10.2. The second-order valence-corrected chi connectivity index (χ2v) is 7.10. The van der Waals surface area contributed by atoms with Crippen molar-refractivity contribution in [1.29, 1.82) is 0 Å². The maximum atomic E-state index is 6.00. The number of nitrogens with zero attached hydrogens (tertiary/aromatic N) is 3. The molecule has 0 saturated heterocycles. The first-order chi connectivity index (χ1) is 11.8. The summed E-state index contributed by atoms with van der Waals surface area (Å²) >= 11 is 9.13. The van der Waals surface area contributed by atoms with Crippen LogP contribution in [0.1, 0.15) is 0 Å². The number of nitrogens with one attached hydrogen (secondary N) is 1. The molecular weight excluding hydrogens is 360 g/mol. The first kappa shape index (κ1) is 15.3. The van der Waals surface area contributed by atoms with E-state index in [4.69, 9.17) is 11.6 Å². The number of thiazole rings is 2. The number of aromatic nitrogens is 3. The van der Waals surface area contributed by atoms with Crippen LogP contribution in [0.4, 0.5) is 10.8 Å². The molecule has 1 aromatic carbocycles. The van der Waals surface area contributed by atoms with Gasteiger partial charge in [-0.05, 0) is 30.3 Å². The van der Waals surface area contributed by atoms with E-state index in [1.54, 1.807) is 35.1 Å². The fourth-order valence-electron chi connectivity index (χ4n) is 2.17. The molecule has 3 aromatic heterocycles. The minimum atomic E-state index is 0.693. The van der Waals surface area contributed by atoms with Crippen molar-refractivity contribution in [2.24, 2.45) is 0 Å². The second kappa shape index (κ2) is 6.68. The third-order valence-corrected chi connectivity index (χ3v) is 5.14. The van der Waals surface area contributed by atoms with Crippen LogP contribution >= 0.6 is 34.3 Å². The molecule has 4 aromatic rings. The number of hydrogen-bond donors (Lipinski definition) is 1. The maximum Gasteiger partial charge on any atom is 0.187 e. The van der Waals surface area contributed by atoms with Gasteiger partial charge in [0, 0.05) is 39.4 Å². The molecule has 0 bridgehead atoms. The standard InChI is InChI=1S/C17H11ClN4S2/c18-12-2-1-3-13(8-12)20-17-22-15(10-24-17)16-21-14(9-23-16)11-4-6-19-7-5-11/h1-10H,(H,20,22). The molecule has 7 heteroatoms. The molecule has 1 N–H and O–H groups in total. The van der Waals surface area contributed by atoms with Crippen molar-refractivity contribution in [3.05, 3.63) is 64.6 Å². The predicted octanol–water partition coefficient (Wildman–Crippen LogP) is 5.73. The van der Waals surface area contributed by atoms with Gasteiger partial charge >= 0.3 is 0 Å². The molecule has 4 nitrogen and oxygen atoms in total. The molecule has 0 aliphatic carbocycles. The van der Waals surface area contributed by atoms with E-state index < -0.39 is 0 Å². The lowest BCUT2D eigenvalue weighted by molar-refractivity contribution is 1.30. The van der Waals surface area contributed by atoms with Gasteiger partial charge in [-0.1, -0.05) is 17.7 Å². The molecule has 0 amide bonds. The smallest absolute Gasteiger partial charge is 0.187 e. The summed E-state index contributed by atoms with van der Waals surface area (Å²) in [7, 11) is 0. The number of hydrogen-bond acceptors (Lipinski definition) is 6. The van der Waals surface area contributed by atoms with Crippen molar-refractivity contribution in [2.45, 2.75) is 0 Å². The fourth-order valence-corrected chi connectivity index (χ4v) is 3.93. The quantitative estimate of drug-likeness (QED) is 0.498. The lowest BCUT2D eigenvalue weighted by Gasteiger charge is -2.01. The topological polar surface area (TPSA) is 50.7 Å². The maximum absolute atomic E-state index is 6.00. The first-order valence-electron chi connectivity index (χ1n) is 7.12. The van der Waals surface area contributed by atoms with E-state index in [1.165, 1.54) is 0 Å². The third kappa shape index (κ3) is 3.31. The predicted molar refractivity (Wildman–Crippen MR) is 101 cm³/mol. The summed E-state index contributed by atoms with van der Waals surface area (Å²) < 4.78 is 0. The van der Waals surface area contributed by atoms with E-state index >= 15 is 0 Å². The Hall–Kier alpha value is -2.28. The minimum Gasteiger partial charge on any atom is -0.331 e. The van der Waals surface area contributed by atoms with Crippen LogP contribution in [-0.2, 0) is 0 Å². The van der Waals surface area contributed by atoms with Gasteiger partial charge in [-0.3, -0.25) is 4.98 Å². The van der Waals surface area contributed by atoms with Gasteiger partial charge in [0.15, 0.2) is 5.13 Å². The van der Waals surface area contributed by atoms with Gasteiger partial charge < -0.3 is 5.32 Å². The lowest BCUT2D eigenvalue weighted by Crippen LogP contribution is -1.89. The van der Waals surface area contributed by atoms with Crippen LogP contribution < -0.4 is 5.32 Å². The van der Waals surface area contributed by atoms with Crippen LogP contribution in [0.2, 0.25) is 5.02 Å². The van der Waals surface area contributed by atoms with E-state index in [2.05, 4.69) is 20.3 Å². The normalized spacial score (nSPS) is 10.7. The number of pyridine rings is 1. The number of benzene rings is 1. The van der Waals surface area contributed by atoms with Crippen molar-refractivity contribution in [3.63, 3.8) is 0 Å². The van der Waals surface area contributed by atoms with E-state index in [0.29, 0.717) is 5.02 Å². The van der Waals surface area contributed by atoms with Crippen molar-refractivity contribution >= 4 is 45.1 Å². The van der Waals surface area contributed by atoms with Gasteiger partial charge in [0.1, 0.15) is 10.7 Å². The zero-order valence-electron chi connectivity index (χ0n) is 12.3. The number of rotatable bonds is 4. The summed E-state index contributed by atoms with van der Waals surface area (Å²) in [6.07, 6.45) is 3.54. The minimum absolute atomic E-state index is 0.693. The van der Waals surface area contributed by atoms with Gasteiger partial charge in [0.05, 0.1) is 5.69 Å². The van der Waals surface area contributed by atoms with Gasteiger partial charge in [0.2, 0.25) is 0 Å². The van der Waals surface area contributed by atoms with Crippen molar-refractivity contribution in [3.8, 4) is 22.0 Å². The van der Waals surface area contributed by atoms with Gasteiger partial charge in [-0.15, -0.1) is 22.7 Å². The van der Waals surface area contributed by atoms with Crippen LogP contribution in [0.25, 0.3) is 22.0 Å². The molecule has 0 aliphatic heterocycles. The van der Waals surface area contributed by atoms with Crippen molar-refractivity contribution in [2.75, 3.05) is 5.32 Å². The molecule has 0 atom stereocenters. The van der Waals surface area contributed by atoms with Crippen LogP contribution in [0.15, 0.2) is 59.6 Å². The van der Waals surface area contributed by atoms with E-state index in [0.717, 1.165) is 32.8 Å². The molecule has 118 valence electrons. The molecule has 0 fully saturated rings. The monoisotopic (exact) mass is 370 g/mol. The van der Waals surface area contributed by atoms with E-state index in [1.807, 2.05) is 47.2 Å². The molecular formula is C17H11ClN4S2. The summed E-state index contributed by atoms with van der Waals surface area (Å²) in [6, 6.07) is 11.5. The third-order valence-electron chi connectivity index (χ3n) is 3.28. The average Bonchev–Trinajstić information content (AvgIpc) is 3.25. The largest absolute Gasteiger partial charge is 0.331 e. The molecule has 24 heavy (non-hydrogen) atoms. The van der Waals surface area contributed by atoms with Crippen LogP contribution in [-0.4, -0.2) is 15.0 Å². The zero-order valence-corrected chi connectivity index (χ0v) is 14.7. The van der Waals surface area contributed by atoms with Crippen molar-refractivity contribution < 1.29 is 0 Å². The Bertz CT molecular complexity index is 965. The highest BCUT2D eigenvalue weighted by molar-refractivity contribution is 7.15. The Morgan fingerprint density at radius 3 is 2.58 bits per heavy atom. The molecule has 0 unspecified atom stereocenters. The Morgan fingerprint density at radius 2 is 1.75 bits per heavy atom. The molecule has 3 heterocycles. The average molecular weight is 371 g/mol. The molecule has 0 aliphatic rings. The SMILES string of the molecule is Clc1cccc(Nc2nc(-c3nc(-c4ccncc4)cs3)cs2)c1. The summed E-state index contributed by atoms with van der Waals surface area (Å²) in [4.78, 5) is 13.3. The van der Waals surface area contributed by atoms with Gasteiger partial charge in [-0.2, -0.15) is 0 Å². The summed E-state index contributed by atoms with van der Waals surface area (Å²) in [5.74, 6) is 0. The first-order valence-corrected chi connectivity index (χ1v) is 9.26. The van der Waals surface area contributed by atoms with Crippen LogP contribution in [0.3, 0.4) is 0 Å². The molecule has 0 radical (unpaired) electrons.